The van der Waals surface area contributed by atoms with Crippen LogP contribution in [0.25, 0.3) is 0 Å². The van der Waals surface area contributed by atoms with Crippen molar-refractivity contribution in [3.05, 3.63) is 78.4 Å². The summed E-state index contributed by atoms with van der Waals surface area (Å²) < 4.78 is 16.4. The monoisotopic (exact) mass is 317 g/mol. The Balaban J connectivity index is 1.45. The molecule has 0 atom stereocenters. The first-order valence-corrected chi connectivity index (χ1v) is 7.63. The summed E-state index contributed by atoms with van der Waals surface area (Å²) in [5, 5.41) is 0. The summed E-state index contributed by atoms with van der Waals surface area (Å²) in [5.41, 5.74) is 1.82. The molecule has 0 aliphatic carbocycles. The van der Waals surface area contributed by atoms with Gasteiger partial charge in [-0.2, -0.15) is 0 Å². The van der Waals surface area contributed by atoms with Gasteiger partial charge >= 0.3 is 0 Å². The summed E-state index contributed by atoms with van der Waals surface area (Å²) in [5.74, 6) is 3.12. The smallest absolute Gasteiger partial charge is 0.231 e. The fraction of sp³-hybridized carbons (Fsp3) is 0.0500. The van der Waals surface area contributed by atoms with Crippen molar-refractivity contribution in [3.63, 3.8) is 0 Å². The quantitative estimate of drug-likeness (QED) is 0.639. The third kappa shape index (κ3) is 3.22. The van der Waals surface area contributed by atoms with Crippen molar-refractivity contribution in [1.29, 1.82) is 0 Å². The van der Waals surface area contributed by atoms with Crippen molar-refractivity contribution in [2.24, 2.45) is 4.99 Å². The molecule has 0 aromatic heterocycles. The Labute approximate surface area is 140 Å². The minimum absolute atomic E-state index is 0.277. The van der Waals surface area contributed by atoms with Gasteiger partial charge in [0.15, 0.2) is 11.5 Å². The molecule has 0 N–H and O–H groups in total. The molecule has 0 amide bonds. The van der Waals surface area contributed by atoms with Gasteiger partial charge < -0.3 is 14.2 Å². The molecule has 4 heteroatoms. The number of ether oxygens (including phenoxy) is 3. The van der Waals surface area contributed by atoms with Gasteiger partial charge in [-0.1, -0.05) is 18.2 Å². The van der Waals surface area contributed by atoms with Crippen LogP contribution in [0.15, 0.2) is 77.8 Å². The van der Waals surface area contributed by atoms with Crippen LogP contribution < -0.4 is 14.2 Å². The Morgan fingerprint density at radius 1 is 0.792 bits per heavy atom. The van der Waals surface area contributed by atoms with E-state index in [-0.39, 0.29) is 6.79 Å². The molecule has 1 heterocycles. The maximum atomic E-state index is 5.76. The first kappa shape index (κ1) is 14.3. The molecule has 0 bridgehead atoms. The molecular weight excluding hydrogens is 302 g/mol. The van der Waals surface area contributed by atoms with Gasteiger partial charge in [0.2, 0.25) is 6.79 Å². The number of hydrogen-bond acceptors (Lipinski definition) is 4. The van der Waals surface area contributed by atoms with E-state index in [1.807, 2.05) is 72.8 Å². The van der Waals surface area contributed by atoms with E-state index in [9.17, 15) is 0 Å². The van der Waals surface area contributed by atoms with E-state index in [0.717, 1.165) is 34.2 Å². The largest absolute Gasteiger partial charge is 0.457 e. The number of fused-ring (bicyclic) bond motifs is 1. The zero-order valence-electron chi connectivity index (χ0n) is 12.9. The van der Waals surface area contributed by atoms with Crippen molar-refractivity contribution in [1.82, 2.24) is 0 Å². The van der Waals surface area contributed by atoms with Gasteiger partial charge in [0, 0.05) is 6.21 Å². The SMILES string of the molecule is C(=N\c1ccc(Oc2ccccc2)cc1)/c1ccc2c(c1)OCO2. The summed E-state index contributed by atoms with van der Waals surface area (Å²) in [6.45, 7) is 0.277. The summed E-state index contributed by atoms with van der Waals surface area (Å²) in [6, 6.07) is 23.1. The fourth-order valence-electron chi connectivity index (χ4n) is 2.37. The first-order chi connectivity index (χ1) is 11.9. The Hall–Kier alpha value is -3.27. The second kappa shape index (κ2) is 6.46. The Morgan fingerprint density at radius 2 is 1.54 bits per heavy atom. The molecule has 0 radical (unpaired) electrons. The first-order valence-electron chi connectivity index (χ1n) is 7.63. The highest BCUT2D eigenvalue weighted by molar-refractivity contribution is 5.83. The topological polar surface area (TPSA) is 40.0 Å². The molecule has 0 spiro atoms. The summed E-state index contributed by atoms with van der Waals surface area (Å²) >= 11 is 0. The zero-order valence-corrected chi connectivity index (χ0v) is 12.9. The molecule has 0 fully saturated rings. The highest BCUT2D eigenvalue weighted by atomic mass is 16.7. The van der Waals surface area contributed by atoms with Gasteiger partial charge in [0.25, 0.3) is 0 Å². The number of hydrogen-bond donors (Lipinski definition) is 0. The van der Waals surface area contributed by atoms with Gasteiger partial charge in [-0.25, -0.2) is 0 Å². The normalized spacial score (nSPS) is 12.5. The van der Waals surface area contributed by atoms with Crippen molar-refractivity contribution in [3.8, 4) is 23.0 Å². The Morgan fingerprint density at radius 3 is 2.38 bits per heavy atom. The third-order valence-corrected chi connectivity index (χ3v) is 3.57. The molecular formula is C20H15NO3. The van der Waals surface area contributed by atoms with Crippen molar-refractivity contribution in [2.75, 3.05) is 6.79 Å². The van der Waals surface area contributed by atoms with Crippen LogP contribution >= 0.6 is 0 Å². The van der Waals surface area contributed by atoms with Crippen LogP contribution in [0.4, 0.5) is 5.69 Å². The lowest BCUT2D eigenvalue weighted by molar-refractivity contribution is 0.174. The van der Waals surface area contributed by atoms with Crippen LogP contribution in [0.5, 0.6) is 23.0 Å². The summed E-state index contributed by atoms with van der Waals surface area (Å²) in [7, 11) is 0. The fourth-order valence-corrected chi connectivity index (χ4v) is 2.37. The van der Waals surface area contributed by atoms with E-state index >= 15 is 0 Å². The van der Waals surface area contributed by atoms with Crippen molar-refractivity contribution < 1.29 is 14.2 Å². The zero-order chi connectivity index (χ0) is 16.2. The minimum atomic E-state index is 0.277. The van der Waals surface area contributed by atoms with E-state index in [2.05, 4.69) is 4.99 Å². The highest BCUT2D eigenvalue weighted by Gasteiger charge is 2.12. The van der Waals surface area contributed by atoms with Crippen molar-refractivity contribution >= 4 is 11.9 Å². The van der Waals surface area contributed by atoms with E-state index in [4.69, 9.17) is 14.2 Å². The number of aliphatic imine (C=N–C) groups is 1. The molecule has 0 saturated heterocycles. The lowest BCUT2D eigenvalue weighted by Crippen LogP contribution is -1.92. The molecule has 0 unspecified atom stereocenters. The Bertz CT molecular complexity index is 858. The third-order valence-electron chi connectivity index (χ3n) is 3.57. The van der Waals surface area contributed by atoms with Gasteiger partial charge in [0.1, 0.15) is 11.5 Å². The molecule has 118 valence electrons. The van der Waals surface area contributed by atoms with Gasteiger partial charge in [-0.05, 0) is 60.2 Å². The number of para-hydroxylation sites is 1. The average Bonchev–Trinajstić information content (AvgIpc) is 3.10. The molecule has 3 aromatic carbocycles. The number of rotatable bonds is 4. The maximum absolute atomic E-state index is 5.76. The van der Waals surface area contributed by atoms with E-state index in [0.29, 0.717) is 0 Å². The van der Waals surface area contributed by atoms with Crippen LogP contribution in [0.2, 0.25) is 0 Å². The second-order valence-electron chi connectivity index (χ2n) is 5.28. The van der Waals surface area contributed by atoms with Gasteiger partial charge in [0.05, 0.1) is 5.69 Å². The van der Waals surface area contributed by atoms with E-state index in [1.54, 1.807) is 6.21 Å². The van der Waals surface area contributed by atoms with Crippen LogP contribution in [0.1, 0.15) is 5.56 Å². The average molecular weight is 317 g/mol. The molecule has 24 heavy (non-hydrogen) atoms. The predicted octanol–water partition coefficient (Wildman–Crippen LogP) is 4.96. The van der Waals surface area contributed by atoms with Crippen LogP contribution in [-0.2, 0) is 0 Å². The lowest BCUT2D eigenvalue weighted by Gasteiger charge is -2.05. The number of nitrogens with zero attached hydrogens (tertiary/aromatic N) is 1. The van der Waals surface area contributed by atoms with Crippen molar-refractivity contribution in [2.45, 2.75) is 0 Å². The van der Waals surface area contributed by atoms with Gasteiger partial charge in [-0.15, -0.1) is 0 Å². The van der Waals surface area contributed by atoms with Crippen LogP contribution in [-0.4, -0.2) is 13.0 Å². The van der Waals surface area contributed by atoms with Crippen LogP contribution in [0.3, 0.4) is 0 Å². The molecule has 3 aromatic rings. The molecule has 4 rings (SSSR count). The van der Waals surface area contributed by atoms with E-state index < -0.39 is 0 Å². The molecule has 1 aliphatic rings. The molecule has 4 nitrogen and oxygen atoms in total. The summed E-state index contributed by atoms with van der Waals surface area (Å²) in [4.78, 5) is 4.47. The molecule has 0 saturated carbocycles. The Kier molecular flexibility index (Phi) is 3.86. The standard InChI is InChI=1S/C20H15NO3/c1-2-4-17(5-3-1)24-18-9-7-16(8-10-18)21-13-15-6-11-19-20(12-15)23-14-22-19/h1-13H,14H2/b21-13+. The van der Waals surface area contributed by atoms with Crippen LogP contribution in [0, 0.1) is 0 Å². The maximum Gasteiger partial charge on any atom is 0.231 e. The minimum Gasteiger partial charge on any atom is -0.457 e. The van der Waals surface area contributed by atoms with E-state index in [1.165, 1.54) is 0 Å². The second-order valence-corrected chi connectivity index (χ2v) is 5.28. The van der Waals surface area contributed by atoms with Gasteiger partial charge in [-0.3, -0.25) is 4.99 Å². The predicted molar refractivity (Wildman–Crippen MR) is 92.8 cm³/mol. The summed E-state index contributed by atoms with van der Waals surface area (Å²) in [6.07, 6.45) is 1.80. The highest BCUT2D eigenvalue weighted by Crippen LogP contribution is 2.32. The lowest BCUT2D eigenvalue weighted by atomic mass is 10.2. The number of benzene rings is 3. The molecule has 1 aliphatic heterocycles.